The Balaban J connectivity index is 2.01. The van der Waals surface area contributed by atoms with E-state index in [1.165, 1.54) is 19.3 Å². The van der Waals surface area contributed by atoms with Gasteiger partial charge in [0.1, 0.15) is 0 Å². The van der Waals surface area contributed by atoms with Crippen molar-refractivity contribution in [3.8, 4) is 0 Å². The summed E-state index contributed by atoms with van der Waals surface area (Å²) in [4.78, 5) is 4.42. The number of pyridine rings is 1. The predicted octanol–water partition coefficient (Wildman–Crippen LogP) is 2.65. The van der Waals surface area contributed by atoms with Crippen LogP contribution in [-0.2, 0) is 6.42 Å². The van der Waals surface area contributed by atoms with Crippen molar-refractivity contribution in [2.45, 2.75) is 38.6 Å². The zero-order valence-corrected chi connectivity index (χ0v) is 11.8. The lowest BCUT2D eigenvalue weighted by Gasteiger charge is -2.26. The van der Waals surface area contributed by atoms with Crippen LogP contribution in [0.15, 0.2) is 22.8 Å². The summed E-state index contributed by atoms with van der Waals surface area (Å²) in [6.07, 6.45) is 6.71. The predicted molar refractivity (Wildman–Crippen MR) is 73.3 cm³/mol. The molecule has 1 heterocycles. The minimum atomic E-state index is 0.348. The Morgan fingerprint density at radius 3 is 2.88 bits per heavy atom. The highest BCUT2D eigenvalue weighted by Gasteiger charge is 2.30. The van der Waals surface area contributed by atoms with E-state index in [4.69, 9.17) is 5.84 Å². The first-order chi connectivity index (χ1) is 8.20. The van der Waals surface area contributed by atoms with Gasteiger partial charge in [-0.25, -0.2) is 0 Å². The van der Waals surface area contributed by atoms with Crippen molar-refractivity contribution < 1.29 is 0 Å². The fraction of sp³-hybridized carbons (Fsp3) is 0.615. The van der Waals surface area contributed by atoms with Crippen molar-refractivity contribution in [2.75, 3.05) is 0 Å². The summed E-state index contributed by atoms with van der Waals surface area (Å²) in [5.41, 5.74) is 4.09. The van der Waals surface area contributed by atoms with Crippen LogP contribution >= 0.6 is 15.9 Å². The quantitative estimate of drug-likeness (QED) is 0.664. The molecular weight excluding hydrogens is 278 g/mol. The van der Waals surface area contributed by atoms with Crippen LogP contribution in [0.2, 0.25) is 0 Å². The van der Waals surface area contributed by atoms with Gasteiger partial charge >= 0.3 is 0 Å². The summed E-state index contributed by atoms with van der Waals surface area (Å²) in [5.74, 6) is 7.16. The molecule has 1 aromatic rings. The van der Waals surface area contributed by atoms with Crippen molar-refractivity contribution in [2.24, 2.45) is 17.7 Å². The van der Waals surface area contributed by atoms with Gasteiger partial charge in [0.15, 0.2) is 0 Å². The van der Waals surface area contributed by atoms with Crippen molar-refractivity contribution in [1.29, 1.82) is 0 Å². The van der Waals surface area contributed by atoms with Crippen molar-refractivity contribution >= 4 is 15.9 Å². The van der Waals surface area contributed by atoms with Gasteiger partial charge < -0.3 is 0 Å². The minimum Gasteiger partial charge on any atom is -0.271 e. The number of rotatable bonds is 4. The molecule has 1 fully saturated rings. The number of hydrogen-bond donors (Lipinski definition) is 2. The van der Waals surface area contributed by atoms with E-state index in [-0.39, 0.29) is 0 Å². The number of aromatic nitrogens is 1. The molecule has 1 aliphatic carbocycles. The Bertz CT molecular complexity index is 352. The van der Waals surface area contributed by atoms with E-state index >= 15 is 0 Å². The molecule has 1 aromatic heterocycles. The molecule has 0 amide bonds. The summed E-state index contributed by atoms with van der Waals surface area (Å²) in [7, 11) is 0. The monoisotopic (exact) mass is 297 g/mol. The average Bonchev–Trinajstić information content (AvgIpc) is 2.75. The third kappa shape index (κ3) is 3.27. The third-order valence-corrected chi connectivity index (χ3v) is 4.35. The number of nitrogens with one attached hydrogen (secondary N) is 1. The van der Waals surface area contributed by atoms with E-state index in [9.17, 15) is 0 Å². The van der Waals surface area contributed by atoms with E-state index in [2.05, 4.69) is 39.3 Å². The highest BCUT2D eigenvalue weighted by molar-refractivity contribution is 9.10. The second-order valence-corrected chi connectivity index (χ2v) is 5.93. The van der Waals surface area contributed by atoms with Crippen LogP contribution in [0, 0.1) is 11.8 Å². The van der Waals surface area contributed by atoms with Gasteiger partial charge in [0.2, 0.25) is 0 Å². The van der Waals surface area contributed by atoms with Gasteiger partial charge in [0, 0.05) is 28.8 Å². The molecule has 0 aliphatic heterocycles. The molecule has 2 rings (SSSR count). The van der Waals surface area contributed by atoms with Crippen LogP contribution < -0.4 is 11.3 Å². The van der Waals surface area contributed by atoms with Gasteiger partial charge in [-0.1, -0.05) is 19.8 Å². The maximum Gasteiger partial charge on any atom is 0.0420 e. The number of nitrogens with zero attached hydrogens (tertiary/aromatic N) is 1. The summed E-state index contributed by atoms with van der Waals surface area (Å²) in [5, 5.41) is 0. The van der Waals surface area contributed by atoms with Gasteiger partial charge in [0.05, 0.1) is 0 Å². The zero-order valence-electron chi connectivity index (χ0n) is 10.2. The number of hydrogen-bond acceptors (Lipinski definition) is 3. The molecule has 0 aromatic carbocycles. The molecule has 94 valence electrons. The molecular formula is C13H20BrN3. The van der Waals surface area contributed by atoms with Crippen molar-refractivity contribution in [1.82, 2.24) is 10.4 Å². The summed E-state index contributed by atoms with van der Waals surface area (Å²) in [6.45, 7) is 2.33. The van der Waals surface area contributed by atoms with E-state index in [0.717, 1.165) is 22.5 Å². The molecule has 1 saturated carbocycles. The SMILES string of the molecule is CC1CCCC1C(Cc1ccc(Br)cn1)NN. The molecule has 3 nitrogen and oxygen atoms in total. The van der Waals surface area contributed by atoms with E-state index < -0.39 is 0 Å². The first-order valence-corrected chi connectivity index (χ1v) is 7.06. The standard InChI is InChI=1S/C13H20BrN3/c1-9-3-2-4-12(9)13(17-15)7-11-6-5-10(14)8-16-11/h5-6,8-9,12-13,17H,2-4,7,15H2,1H3. The molecule has 4 heteroatoms. The second kappa shape index (κ2) is 5.94. The first kappa shape index (κ1) is 13.0. The average molecular weight is 298 g/mol. The highest BCUT2D eigenvalue weighted by Crippen LogP contribution is 2.34. The summed E-state index contributed by atoms with van der Waals surface area (Å²) < 4.78 is 1.02. The number of hydrazine groups is 1. The van der Waals surface area contributed by atoms with Crippen LogP contribution in [0.5, 0.6) is 0 Å². The Labute approximate surface area is 111 Å². The van der Waals surface area contributed by atoms with E-state index in [1.54, 1.807) is 0 Å². The van der Waals surface area contributed by atoms with Crippen molar-refractivity contribution in [3.63, 3.8) is 0 Å². The van der Waals surface area contributed by atoms with Gasteiger partial charge in [-0.05, 0) is 46.3 Å². The molecule has 3 N–H and O–H groups in total. The molecule has 0 saturated heterocycles. The molecule has 0 radical (unpaired) electrons. The fourth-order valence-corrected chi connectivity index (χ4v) is 3.09. The van der Waals surface area contributed by atoms with Crippen molar-refractivity contribution in [3.05, 3.63) is 28.5 Å². The lowest BCUT2D eigenvalue weighted by Crippen LogP contribution is -2.43. The second-order valence-electron chi connectivity index (χ2n) is 5.02. The number of nitrogens with two attached hydrogens (primary N) is 1. The molecule has 3 unspecified atom stereocenters. The summed E-state index contributed by atoms with van der Waals surface area (Å²) >= 11 is 3.40. The molecule has 0 bridgehead atoms. The maximum atomic E-state index is 5.71. The lowest BCUT2D eigenvalue weighted by molar-refractivity contribution is 0.296. The maximum absolute atomic E-state index is 5.71. The molecule has 3 atom stereocenters. The van der Waals surface area contributed by atoms with Crippen LogP contribution in [0.3, 0.4) is 0 Å². The summed E-state index contributed by atoms with van der Waals surface area (Å²) in [6, 6.07) is 4.45. The normalized spacial score (nSPS) is 26.1. The third-order valence-electron chi connectivity index (χ3n) is 3.88. The van der Waals surface area contributed by atoms with Gasteiger partial charge in [0.25, 0.3) is 0 Å². The van der Waals surface area contributed by atoms with Crippen LogP contribution in [0.4, 0.5) is 0 Å². The number of halogens is 1. The largest absolute Gasteiger partial charge is 0.271 e. The van der Waals surface area contributed by atoms with Crippen LogP contribution in [0.1, 0.15) is 31.9 Å². The lowest BCUT2D eigenvalue weighted by atomic mass is 9.88. The van der Waals surface area contributed by atoms with Crippen LogP contribution in [-0.4, -0.2) is 11.0 Å². The highest BCUT2D eigenvalue weighted by atomic mass is 79.9. The molecule has 17 heavy (non-hydrogen) atoms. The first-order valence-electron chi connectivity index (χ1n) is 6.27. The van der Waals surface area contributed by atoms with E-state index in [1.807, 2.05) is 12.3 Å². The Morgan fingerprint density at radius 2 is 2.35 bits per heavy atom. The minimum absolute atomic E-state index is 0.348. The molecule has 1 aliphatic rings. The molecule has 0 spiro atoms. The van der Waals surface area contributed by atoms with Gasteiger partial charge in [-0.2, -0.15) is 0 Å². The Kier molecular flexibility index (Phi) is 4.54. The Hall–Kier alpha value is -0.450. The van der Waals surface area contributed by atoms with E-state index in [0.29, 0.717) is 12.0 Å². The van der Waals surface area contributed by atoms with Crippen LogP contribution in [0.25, 0.3) is 0 Å². The Morgan fingerprint density at radius 1 is 1.53 bits per heavy atom. The zero-order chi connectivity index (χ0) is 12.3. The smallest absolute Gasteiger partial charge is 0.0420 e. The fourth-order valence-electron chi connectivity index (χ4n) is 2.86. The van der Waals surface area contributed by atoms with Gasteiger partial charge in [-0.15, -0.1) is 0 Å². The topological polar surface area (TPSA) is 50.9 Å². The van der Waals surface area contributed by atoms with Gasteiger partial charge in [-0.3, -0.25) is 16.3 Å².